The Morgan fingerprint density at radius 1 is 1.37 bits per heavy atom. The summed E-state index contributed by atoms with van der Waals surface area (Å²) in [7, 11) is 1.40. The quantitative estimate of drug-likeness (QED) is 0.513. The number of nitrogens with one attached hydrogen (secondary N) is 1. The lowest BCUT2D eigenvalue weighted by atomic mass is 10.1. The van der Waals surface area contributed by atoms with Crippen molar-refractivity contribution in [2.45, 2.75) is 25.3 Å². The van der Waals surface area contributed by atoms with Crippen LogP contribution in [0.2, 0.25) is 0 Å². The van der Waals surface area contributed by atoms with E-state index in [1.54, 1.807) is 12.1 Å². The van der Waals surface area contributed by atoms with Crippen LogP contribution in [0.25, 0.3) is 0 Å². The molecular weight excluding hydrogens is 248 g/mol. The second kappa shape index (κ2) is 5.69. The van der Waals surface area contributed by atoms with Gasteiger partial charge in [0.1, 0.15) is 0 Å². The monoisotopic (exact) mass is 264 g/mol. The van der Waals surface area contributed by atoms with Gasteiger partial charge in [0, 0.05) is 23.9 Å². The van der Waals surface area contributed by atoms with Crippen molar-refractivity contribution in [2.24, 2.45) is 5.92 Å². The number of hydrogen-bond acceptors (Lipinski definition) is 5. The Morgan fingerprint density at radius 3 is 2.63 bits per heavy atom. The largest absolute Gasteiger partial charge is 0.469 e. The number of methoxy groups -OCH3 is 1. The number of nitro groups is 1. The SMILES string of the molecule is COC(=O)[C@H]1CC[C@@H](Nc2ccc([N+](=O)[O-])cc2)C1. The molecule has 2 rings (SSSR count). The van der Waals surface area contributed by atoms with E-state index in [0.29, 0.717) is 0 Å². The zero-order valence-corrected chi connectivity index (χ0v) is 10.7. The van der Waals surface area contributed by atoms with Gasteiger partial charge in [-0.25, -0.2) is 0 Å². The number of nitrogens with zero attached hydrogens (tertiary/aromatic N) is 1. The van der Waals surface area contributed by atoms with Gasteiger partial charge >= 0.3 is 5.97 Å². The van der Waals surface area contributed by atoms with E-state index < -0.39 is 4.92 Å². The molecule has 0 radical (unpaired) electrons. The lowest BCUT2D eigenvalue weighted by Crippen LogP contribution is -2.18. The lowest BCUT2D eigenvalue weighted by Gasteiger charge is -2.14. The first-order valence-electron chi connectivity index (χ1n) is 6.19. The second-order valence-corrected chi connectivity index (χ2v) is 4.68. The fourth-order valence-electron chi connectivity index (χ4n) is 2.41. The molecule has 1 aromatic carbocycles. The Kier molecular flexibility index (Phi) is 3.99. The fourth-order valence-corrected chi connectivity index (χ4v) is 2.41. The highest BCUT2D eigenvalue weighted by Gasteiger charge is 2.30. The molecule has 6 heteroatoms. The van der Waals surface area contributed by atoms with Crippen molar-refractivity contribution in [3.8, 4) is 0 Å². The molecule has 6 nitrogen and oxygen atoms in total. The Morgan fingerprint density at radius 2 is 2.05 bits per heavy atom. The first kappa shape index (κ1) is 13.3. The third kappa shape index (κ3) is 3.21. The molecule has 1 fully saturated rings. The molecule has 0 aliphatic heterocycles. The molecule has 0 spiro atoms. The van der Waals surface area contributed by atoms with Gasteiger partial charge in [0.2, 0.25) is 0 Å². The summed E-state index contributed by atoms with van der Waals surface area (Å²) in [6.45, 7) is 0. The molecule has 0 amide bonds. The van der Waals surface area contributed by atoms with Gasteiger partial charge in [-0.05, 0) is 31.4 Å². The van der Waals surface area contributed by atoms with Gasteiger partial charge in [-0.2, -0.15) is 0 Å². The van der Waals surface area contributed by atoms with Crippen LogP contribution in [0.15, 0.2) is 24.3 Å². The number of carbonyl (C=O) groups is 1. The van der Waals surface area contributed by atoms with Crippen molar-refractivity contribution in [1.82, 2.24) is 0 Å². The van der Waals surface area contributed by atoms with E-state index in [9.17, 15) is 14.9 Å². The molecule has 0 unspecified atom stereocenters. The van der Waals surface area contributed by atoms with Crippen molar-refractivity contribution in [3.63, 3.8) is 0 Å². The van der Waals surface area contributed by atoms with Crippen LogP contribution in [0.1, 0.15) is 19.3 Å². The number of nitro benzene ring substituents is 1. The summed E-state index contributed by atoms with van der Waals surface area (Å²) >= 11 is 0. The summed E-state index contributed by atoms with van der Waals surface area (Å²) in [6, 6.07) is 6.52. The zero-order chi connectivity index (χ0) is 13.8. The van der Waals surface area contributed by atoms with Crippen LogP contribution < -0.4 is 5.32 Å². The van der Waals surface area contributed by atoms with Crippen LogP contribution >= 0.6 is 0 Å². The van der Waals surface area contributed by atoms with Crippen molar-refractivity contribution in [2.75, 3.05) is 12.4 Å². The summed E-state index contributed by atoms with van der Waals surface area (Å²) in [5.41, 5.74) is 0.908. The van der Waals surface area contributed by atoms with Crippen LogP contribution in [0, 0.1) is 16.0 Å². The number of benzene rings is 1. The summed E-state index contributed by atoms with van der Waals surface area (Å²) in [4.78, 5) is 21.5. The minimum Gasteiger partial charge on any atom is -0.469 e. The highest BCUT2D eigenvalue weighted by Crippen LogP contribution is 2.29. The third-order valence-electron chi connectivity index (χ3n) is 3.42. The van der Waals surface area contributed by atoms with Crippen molar-refractivity contribution >= 4 is 17.3 Å². The Hall–Kier alpha value is -2.11. The van der Waals surface area contributed by atoms with Crippen LogP contribution in [-0.2, 0) is 9.53 Å². The summed E-state index contributed by atoms with van der Waals surface area (Å²) in [5, 5.41) is 13.8. The number of ether oxygens (including phenoxy) is 1. The molecule has 0 aromatic heterocycles. The molecule has 0 bridgehead atoms. The lowest BCUT2D eigenvalue weighted by molar-refractivity contribution is -0.384. The van der Waals surface area contributed by atoms with Crippen LogP contribution in [-0.4, -0.2) is 24.0 Å². The van der Waals surface area contributed by atoms with Gasteiger partial charge < -0.3 is 10.1 Å². The predicted molar refractivity (Wildman–Crippen MR) is 69.9 cm³/mol. The molecular formula is C13H16N2O4. The highest BCUT2D eigenvalue weighted by atomic mass is 16.6. The Labute approximate surface area is 110 Å². The maximum absolute atomic E-state index is 11.4. The molecule has 1 aliphatic rings. The van der Waals surface area contributed by atoms with E-state index in [-0.39, 0.29) is 23.6 Å². The van der Waals surface area contributed by atoms with Gasteiger partial charge in [-0.15, -0.1) is 0 Å². The minimum absolute atomic E-state index is 0.0412. The Bertz CT molecular complexity index is 472. The average Bonchev–Trinajstić information content (AvgIpc) is 2.87. The second-order valence-electron chi connectivity index (χ2n) is 4.68. The highest BCUT2D eigenvalue weighted by molar-refractivity contribution is 5.72. The first-order valence-corrected chi connectivity index (χ1v) is 6.19. The number of hydrogen-bond donors (Lipinski definition) is 1. The number of rotatable bonds is 4. The topological polar surface area (TPSA) is 81.5 Å². The van der Waals surface area contributed by atoms with E-state index in [0.717, 1.165) is 24.9 Å². The molecule has 2 atom stereocenters. The molecule has 19 heavy (non-hydrogen) atoms. The van der Waals surface area contributed by atoms with Crippen molar-refractivity contribution in [3.05, 3.63) is 34.4 Å². The van der Waals surface area contributed by atoms with E-state index in [1.807, 2.05) is 0 Å². The van der Waals surface area contributed by atoms with Gasteiger partial charge in [0.25, 0.3) is 5.69 Å². The molecule has 0 saturated heterocycles. The standard InChI is InChI=1S/C13H16N2O4/c1-19-13(16)9-2-3-11(8-9)14-10-4-6-12(7-5-10)15(17)18/h4-7,9,11,14H,2-3,8H2,1H3/t9-,11+/m0/s1. The predicted octanol–water partition coefficient (Wildman–Crippen LogP) is 2.35. The first-order chi connectivity index (χ1) is 9.10. The summed E-state index contributed by atoms with van der Waals surface area (Å²) < 4.78 is 4.73. The molecule has 1 N–H and O–H groups in total. The van der Waals surface area contributed by atoms with Crippen LogP contribution in [0.4, 0.5) is 11.4 Å². The summed E-state index contributed by atoms with van der Waals surface area (Å²) in [5.74, 6) is -0.200. The van der Waals surface area contributed by atoms with Crippen LogP contribution in [0.5, 0.6) is 0 Å². The van der Waals surface area contributed by atoms with Crippen LogP contribution in [0.3, 0.4) is 0 Å². The minimum atomic E-state index is -0.424. The number of anilines is 1. The third-order valence-corrected chi connectivity index (χ3v) is 3.42. The van der Waals surface area contributed by atoms with Gasteiger partial charge in [0.15, 0.2) is 0 Å². The van der Waals surface area contributed by atoms with E-state index >= 15 is 0 Å². The smallest absolute Gasteiger partial charge is 0.308 e. The maximum atomic E-state index is 11.4. The molecule has 1 aliphatic carbocycles. The zero-order valence-electron chi connectivity index (χ0n) is 10.7. The number of carbonyl (C=O) groups excluding carboxylic acids is 1. The van der Waals surface area contributed by atoms with Gasteiger partial charge in [0.05, 0.1) is 18.0 Å². The number of esters is 1. The molecule has 0 heterocycles. The summed E-state index contributed by atoms with van der Waals surface area (Å²) in [6.07, 6.45) is 2.46. The average molecular weight is 264 g/mol. The van der Waals surface area contributed by atoms with Gasteiger partial charge in [-0.1, -0.05) is 0 Å². The van der Waals surface area contributed by atoms with Crippen molar-refractivity contribution < 1.29 is 14.5 Å². The molecule has 102 valence electrons. The number of non-ortho nitro benzene ring substituents is 1. The van der Waals surface area contributed by atoms with E-state index in [4.69, 9.17) is 4.74 Å². The molecule has 1 saturated carbocycles. The van der Waals surface area contributed by atoms with Crippen molar-refractivity contribution in [1.29, 1.82) is 0 Å². The maximum Gasteiger partial charge on any atom is 0.308 e. The van der Waals surface area contributed by atoms with E-state index in [2.05, 4.69) is 5.32 Å². The Balaban J connectivity index is 1.92. The van der Waals surface area contributed by atoms with Gasteiger partial charge in [-0.3, -0.25) is 14.9 Å². The normalized spacial score (nSPS) is 21.9. The van der Waals surface area contributed by atoms with E-state index in [1.165, 1.54) is 19.2 Å². The fraction of sp³-hybridized carbons (Fsp3) is 0.462. The molecule has 1 aromatic rings.